The van der Waals surface area contributed by atoms with Gasteiger partial charge in [-0.15, -0.1) is 0 Å². The standard InChI is InChI=1S/C13H12FNO2S/c1-18(16,17)11-5-6-12(13(15)8-11)9-3-2-4-10(14)7-9/h2-8H,15H2,1H3. The van der Waals surface area contributed by atoms with E-state index in [1.165, 1.54) is 24.3 Å². The van der Waals surface area contributed by atoms with Crippen LogP contribution < -0.4 is 5.73 Å². The molecule has 5 heteroatoms. The van der Waals surface area contributed by atoms with Crippen molar-refractivity contribution in [1.82, 2.24) is 0 Å². The van der Waals surface area contributed by atoms with Gasteiger partial charge in [0.25, 0.3) is 0 Å². The highest BCUT2D eigenvalue weighted by molar-refractivity contribution is 7.90. The number of anilines is 1. The lowest BCUT2D eigenvalue weighted by atomic mass is 10.0. The molecule has 0 amide bonds. The van der Waals surface area contributed by atoms with Crippen molar-refractivity contribution in [2.75, 3.05) is 12.0 Å². The number of halogens is 1. The predicted octanol–water partition coefficient (Wildman–Crippen LogP) is 2.48. The molecule has 3 nitrogen and oxygen atoms in total. The lowest BCUT2D eigenvalue weighted by Crippen LogP contribution is -1.99. The van der Waals surface area contributed by atoms with Crippen LogP contribution in [0.3, 0.4) is 0 Å². The van der Waals surface area contributed by atoms with Gasteiger partial charge < -0.3 is 5.73 Å². The second-order valence-electron chi connectivity index (χ2n) is 4.03. The Bertz CT molecular complexity index is 696. The van der Waals surface area contributed by atoms with Crippen LogP contribution in [0, 0.1) is 5.82 Å². The van der Waals surface area contributed by atoms with E-state index in [1.54, 1.807) is 18.2 Å². The third-order valence-corrected chi connectivity index (χ3v) is 3.70. The Hall–Kier alpha value is -1.88. The van der Waals surface area contributed by atoms with Gasteiger partial charge in [-0.25, -0.2) is 12.8 Å². The molecule has 2 aromatic rings. The maximum atomic E-state index is 13.1. The highest BCUT2D eigenvalue weighted by Gasteiger charge is 2.10. The molecule has 0 aromatic heterocycles. The van der Waals surface area contributed by atoms with E-state index in [9.17, 15) is 12.8 Å². The molecule has 0 heterocycles. The number of hydrogen-bond acceptors (Lipinski definition) is 3. The molecule has 94 valence electrons. The van der Waals surface area contributed by atoms with Crippen LogP contribution in [0.15, 0.2) is 47.4 Å². The number of sulfone groups is 1. The average Bonchev–Trinajstić information content (AvgIpc) is 2.27. The molecule has 0 saturated carbocycles. The fourth-order valence-corrected chi connectivity index (χ4v) is 2.35. The molecule has 18 heavy (non-hydrogen) atoms. The molecule has 0 fully saturated rings. The third kappa shape index (κ3) is 2.51. The summed E-state index contributed by atoms with van der Waals surface area (Å²) in [6.07, 6.45) is 1.11. The lowest BCUT2D eigenvalue weighted by Gasteiger charge is -2.08. The van der Waals surface area contributed by atoms with Crippen molar-refractivity contribution in [2.45, 2.75) is 4.90 Å². The van der Waals surface area contributed by atoms with E-state index in [0.29, 0.717) is 16.8 Å². The molecular formula is C13H12FNO2S. The molecule has 0 aliphatic rings. The van der Waals surface area contributed by atoms with Gasteiger partial charge in [0, 0.05) is 17.5 Å². The predicted molar refractivity (Wildman–Crippen MR) is 69.4 cm³/mol. The summed E-state index contributed by atoms with van der Waals surface area (Å²) in [6, 6.07) is 10.4. The van der Waals surface area contributed by atoms with Crippen molar-refractivity contribution in [1.29, 1.82) is 0 Å². The zero-order valence-corrected chi connectivity index (χ0v) is 10.5. The van der Waals surface area contributed by atoms with Crippen LogP contribution in [0.25, 0.3) is 11.1 Å². The van der Waals surface area contributed by atoms with Gasteiger partial charge in [0.05, 0.1) is 4.90 Å². The summed E-state index contributed by atoms with van der Waals surface area (Å²) in [5.41, 5.74) is 7.35. The number of nitrogens with two attached hydrogens (primary N) is 1. The molecule has 0 aliphatic carbocycles. The Morgan fingerprint density at radius 3 is 2.39 bits per heavy atom. The zero-order chi connectivity index (χ0) is 13.3. The van der Waals surface area contributed by atoms with E-state index in [-0.39, 0.29) is 10.7 Å². The van der Waals surface area contributed by atoms with Crippen molar-refractivity contribution in [3.63, 3.8) is 0 Å². The highest BCUT2D eigenvalue weighted by Crippen LogP contribution is 2.28. The summed E-state index contributed by atoms with van der Waals surface area (Å²) in [5, 5.41) is 0. The minimum absolute atomic E-state index is 0.153. The van der Waals surface area contributed by atoms with Crippen molar-refractivity contribution >= 4 is 15.5 Å². The summed E-state index contributed by atoms with van der Waals surface area (Å²) < 4.78 is 35.9. The van der Waals surface area contributed by atoms with E-state index in [4.69, 9.17) is 5.73 Å². The van der Waals surface area contributed by atoms with Crippen LogP contribution in [-0.4, -0.2) is 14.7 Å². The Kier molecular flexibility index (Phi) is 3.09. The molecule has 2 aromatic carbocycles. The molecule has 2 N–H and O–H groups in total. The van der Waals surface area contributed by atoms with Crippen molar-refractivity contribution in [2.24, 2.45) is 0 Å². The summed E-state index contributed by atoms with van der Waals surface area (Å²) in [6.45, 7) is 0. The quantitative estimate of drug-likeness (QED) is 0.849. The zero-order valence-electron chi connectivity index (χ0n) is 9.72. The van der Waals surface area contributed by atoms with E-state index in [2.05, 4.69) is 0 Å². The Labute approximate surface area is 105 Å². The fourth-order valence-electron chi connectivity index (χ4n) is 1.69. The first-order valence-corrected chi connectivity index (χ1v) is 7.12. The van der Waals surface area contributed by atoms with Gasteiger partial charge >= 0.3 is 0 Å². The van der Waals surface area contributed by atoms with Crippen LogP contribution >= 0.6 is 0 Å². The largest absolute Gasteiger partial charge is 0.398 e. The minimum Gasteiger partial charge on any atom is -0.398 e. The van der Waals surface area contributed by atoms with Gasteiger partial charge in [-0.05, 0) is 29.8 Å². The van der Waals surface area contributed by atoms with Gasteiger partial charge in [0.15, 0.2) is 9.84 Å². The molecule has 0 bridgehead atoms. The molecule has 0 spiro atoms. The van der Waals surface area contributed by atoms with Crippen LogP contribution in [-0.2, 0) is 9.84 Å². The monoisotopic (exact) mass is 265 g/mol. The molecule has 0 atom stereocenters. The fraction of sp³-hybridized carbons (Fsp3) is 0.0769. The number of rotatable bonds is 2. The maximum Gasteiger partial charge on any atom is 0.175 e. The molecule has 0 radical (unpaired) electrons. The molecular weight excluding hydrogens is 253 g/mol. The first kappa shape index (κ1) is 12.6. The Balaban J connectivity index is 2.55. The minimum atomic E-state index is -3.29. The van der Waals surface area contributed by atoms with Gasteiger partial charge in [-0.2, -0.15) is 0 Å². The topological polar surface area (TPSA) is 60.2 Å². The average molecular weight is 265 g/mol. The summed E-state index contributed by atoms with van der Waals surface area (Å²) in [5.74, 6) is -0.362. The van der Waals surface area contributed by atoms with Crippen LogP contribution in [0.4, 0.5) is 10.1 Å². The molecule has 2 rings (SSSR count). The second-order valence-corrected chi connectivity index (χ2v) is 6.05. The van der Waals surface area contributed by atoms with Crippen molar-refractivity contribution in [3.05, 3.63) is 48.3 Å². The molecule has 0 aliphatic heterocycles. The smallest absolute Gasteiger partial charge is 0.175 e. The number of nitrogen functional groups attached to an aromatic ring is 1. The first-order valence-electron chi connectivity index (χ1n) is 5.23. The van der Waals surface area contributed by atoms with Gasteiger partial charge in [0.1, 0.15) is 5.82 Å². The van der Waals surface area contributed by atoms with Crippen LogP contribution in [0.2, 0.25) is 0 Å². The maximum absolute atomic E-state index is 13.1. The van der Waals surface area contributed by atoms with E-state index in [1.807, 2.05) is 0 Å². The van der Waals surface area contributed by atoms with Gasteiger partial charge in [-0.1, -0.05) is 18.2 Å². The second kappa shape index (κ2) is 4.42. The number of hydrogen-bond donors (Lipinski definition) is 1. The molecule has 0 saturated heterocycles. The third-order valence-electron chi connectivity index (χ3n) is 2.59. The van der Waals surface area contributed by atoms with E-state index >= 15 is 0 Å². The highest BCUT2D eigenvalue weighted by atomic mass is 32.2. The lowest BCUT2D eigenvalue weighted by molar-refractivity contribution is 0.602. The summed E-state index contributed by atoms with van der Waals surface area (Å²) in [7, 11) is -3.29. The van der Waals surface area contributed by atoms with Gasteiger partial charge in [-0.3, -0.25) is 0 Å². The normalized spacial score (nSPS) is 11.4. The first-order chi connectivity index (χ1) is 8.38. The van der Waals surface area contributed by atoms with E-state index < -0.39 is 9.84 Å². The summed E-state index contributed by atoms with van der Waals surface area (Å²) >= 11 is 0. The molecule has 0 unspecified atom stereocenters. The van der Waals surface area contributed by atoms with Crippen molar-refractivity contribution < 1.29 is 12.8 Å². The number of benzene rings is 2. The SMILES string of the molecule is CS(=O)(=O)c1ccc(-c2cccc(F)c2)c(N)c1. The Morgan fingerprint density at radius 1 is 1.11 bits per heavy atom. The summed E-state index contributed by atoms with van der Waals surface area (Å²) in [4.78, 5) is 0.153. The van der Waals surface area contributed by atoms with E-state index in [0.717, 1.165) is 6.26 Å². The Morgan fingerprint density at radius 2 is 1.83 bits per heavy atom. The van der Waals surface area contributed by atoms with Crippen molar-refractivity contribution in [3.8, 4) is 11.1 Å². The van der Waals surface area contributed by atoms with Crippen LogP contribution in [0.1, 0.15) is 0 Å². The van der Waals surface area contributed by atoms with Gasteiger partial charge in [0.2, 0.25) is 0 Å². The van der Waals surface area contributed by atoms with Crippen LogP contribution in [0.5, 0.6) is 0 Å².